The summed E-state index contributed by atoms with van der Waals surface area (Å²) in [7, 11) is 0. The molecule has 0 aliphatic carbocycles. The van der Waals surface area contributed by atoms with Gasteiger partial charge in [0.05, 0.1) is 0 Å². The zero-order valence-electron chi connectivity index (χ0n) is 12.3. The monoisotopic (exact) mass is 353 g/mol. The van der Waals surface area contributed by atoms with E-state index in [9.17, 15) is 9.59 Å². The lowest BCUT2D eigenvalue weighted by Crippen LogP contribution is -2.47. The van der Waals surface area contributed by atoms with Gasteiger partial charge >= 0.3 is 0 Å². The van der Waals surface area contributed by atoms with Crippen LogP contribution in [0, 0.1) is 5.92 Å². The molecule has 0 unspecified atom stereocenters. The van der Waals surface area contributed by atoms with Crippen LogP contribution in [0.25, 0.3) is 0 Å². The number of halogens is 1. The minimum Gasteiger partial charge on any atom is -0.348 e. The van der Waals surface area contributed by atoms with Gasteiger partial charge in [-0.05, 0) is 40.9 Å². The number of likely N-dealkylation sites (tertiary alicyclic amines) is 1. The molecule has 5 nitrogen and oxygen atoms in total. The Morgan fingerprint density at radius 1 is 1.33 bits per heavy atom. The highest BCUT2D eigenvalue weighted by Crippen LogP contribution is 2.14. The van der Waals surface area contributed by atoms with Crippen molar-refractivity contribution >= 4 is 27.7 Å². The first-order valence-electron chi connectivity index (χ1n) is 7.19. The Morgan fingerprint density at radius 3 is 2.57 bits per heavy atom. The molecule has 0 spiro atoms. The fourth-order valence-corrected chi connectivity index (χ4v) is 2.75. The highest BCUT2D eigenvalue weighted by molar-refractivity contribution is 9.10. The molecule has 0 bridgehead atoms. The Labute approximate surface area is 133 Å². The highest BCUT2D eigenvalue weighted by Gasteiger charge is 2.25. The van der Waals surface area contributed by atoms with Crippen molar-refractivity contribution in [3.63, 3.8) is 0 Å². The van der Waals surface area contributed by atoms with E-state index in [0.29, 0.717) is 23.4 Å². The molecule has 1 aliphatic rings. The molecule has 0 atom stereocenters. The lowest BCUT2D eigenvalue weighted by Gasteiger charge is -2.33. The predicted molar refractivity (Wildman–Crippen MR) is 83.8 cm³/mol. The van der Waals surface area contributed by atoms with Crippen LogP contribution in [-0.4, -0.2) is 40.8 Å². The summed E-state index contributed by atoms with van der Waals surface area (Å²) in [6.07, 6.45) is 1.58. The van der Waals surface area contributed by atoms with E-state index in [2.05, 4.69) is 26.2 Å². The van der Waals surface area contributed by atoms with Crippen molar-refractivity contribution in [3.8, 4) is 0 Å². The molecular weight excluding hydrogens is 334 g/mol. The maximum absolute atomic E-state index is 12.1. The Hall–Kier alpha value is -1.43. The minimum absolute atomic E-state index is 0.0296. The van der Waals surface area contributed by atoms with Crippen LogP contribution < -0.4 is 5.32 Å². The lowest BCUT2D eigenvalue weighted by molar-refractivity contribution is -0.135. The molecule has 1 aromatic heterocycles. The summed E-state index contributed by atoms with van der Waals surface area (Å²) in [6, 6.07) is 5.37. The molecule has 1 saturated heterocycles. The first-order chi connectivity index (χ1) is 9.97. The summed E-state index contributed by atoms with van der Waals surface area (Å²) in [6.45, 7) is 5.23. The number of carbonyl (C=O) groups is 2. The van der Waals surface area contributed by atoms with Gasteiger partial charge < -0.3 is 10.2 Å². The SMILES string of the molecule is CC(C)C(=O)N1CCC(NC(=O)c2cccc(Br)n2)CC1. The van der Waals surface area contributed by atoms with E-state index in [0.717, 1.165) is 12.8 Å². The Bertz CT molecular complexity index is 525. The van der Waals surface area contributed by atoms with Crippen LogP contribution >= 0.6 is 15.9 Å². The van der Waals surface area contributed by atoms with E-state index >= 15 is 0 Å². The first-order valence-corrected chi connectivity index (χ1v) is 7.99. The molecule has 2 amide bonds. The van der Waals surface area contributed by atoms with Crippen LogP contribution in [0.4, 0.5) is 0 Å². The summed E-state index contributed by atoms with van der Waals surface area (Å²) in [4.78, 5) is 30.0. The second kappa shape index (κ2) is 7.02. The van der Waals surface area contributed by atoms with E-state index in [4.69, 9.17) is 0 Å². The van der Waals surface area contributed by atoms with Crippen molar-refractivity contribution in [2.75, 3.05) is 13.1 Å². The van der Waals surface area contributed by atoms with Crippen LogP contribution in [0.3, 0.4) is 0 Å². The number of piperidine rings is 1. The number of pyridine rings is 1. The maximum atomic E-state index is 12.1. The Kier molecular flexibility index (Phi) is 5.33. The molecule has 1 N–H and O–H groups in total. The van der Waals surface area contributed by atoms with E-state index in [-0.39, 0.29) is 23.8 Å². The topological polar surface area (TPSA) is 62.3 Å². The molecule has 21 heavy (non-hydrogen) atoms. The lowest BCUT2D eigenvalue weighted by atomic mass is 10.0. The van der Waals surface area contributed by atoms with Gasteiger partial charge in [-0.25, -0.2) is 4.98 Å². The fourth-order valence-electron chi connectivity index (χ4n) is 2.40. The largest absolute Gasteiger partial charge is 0.348 e. The second-order valence-electron chi connectivity index (χ2n) is 5.57. The molecule has 1 aromatic rings. The smallest absolute Gasteiger partial charge is 0.270 e. The van der Waals surface area contributed by atoms with Crippen LogP contribution in [0.5, 0.6) is 0 Å². The average molecular weight is 354 g/mol. The van der Waals surface area contributed by atoms with Crippen molar-refractivity contribution in [1.82, 2.24) is 15.2 Å². The summed E-state index contributed by atoms with van der Waals surface area (Å²) in [5.41, 5.74) is 0.407. The van der Waals surface area contributed by atoms with E-state index in [1.54, 1.807) is 18.2 Å². The van der Waals surface area contributed by atoms with E-state index in [1.165, 1.54) is 0 Å². The van der Waals surface area contributed by atoms with E-state index < -0.39 is 0 Å². The van der Waals surface area contributed by atoms with Gasteiger partial charge in [-0.1, -0.05) is 19.9 Å². The molecule has 1 aliphatic heterocycles. The first kappa shape index (κ1) is 15.9. The van der Waals surface area contributed by atoms with Crippen molar-refractivity contribution in [2.45, 2.75) is 32.7 Å². The van der Waals surface area contributed by atoms with Gasteiger partial charge in [0.25, 0.3) is 5.91 Å². The quantitative estimate of drug-likeness (QED) is 0.847. The van der Waals surface area contributed by atoms with Gasteiger partial charge in [-0.3, -0.25) is 9.59 Å². The van der Waals surface area contributed by atoms with Crippen molar-refractivity contribution in [3.05, 3.63) is 28.5 Å². The van der Waals surface area contributed by atoms with Gasteiger partial charge in [0.1, 0.15) is 10.3 Å². The van der Waals surface area contributed by atoms with Crippen LogP contribution in [0.15, 0.2) is 22.8 Å². The molecule has 114 valence electrons. The number of hydrogen-bond acceptors (Lipinski definition) is 3. The zero-order chi connectivity index (χ0) is 15.4. The maximum Gasteiger partial charge on any atom is 0.270 e. The van der Waals surface area contributed by atoms with E-state index in [1.807, 2.05) is 18.7 Å². The number of nitrogens with zero attached hydrogens (tertiary/aromatic N) is 2. The number of rotatable bonds is 3. The van der Waals surface area contributed by atoms with Crippen molar-refractivity contribution in [1.29, 1.82) is 0 Å². The second-order valence-corrected chi connectivity index (χ2v) is 6.39. The van der Waals surface area contributed by atoms with Crippen LogP contribution in [0.2, 0.25) is 0 Å². The number of nitrogens with one attached hydrogen (secondary N) is 1. The average Bonchev–Trinajstić information content (AvgIpc) is 2.47. The minimum atomic E-state index is -0.162. The molecule has 2 heterocycles. The Morgan fingerprint density at radius 2 is 2.00 bits per heavy atom. The van der Waals surface area contributed by atoms with Gasteiger partial charge in [-0.2, -0.15) is 0 Å². The third kappa shape index (κ3) is 4.27. The number of aromatic nitrogens is 1. The molecule has 0 radical (unpaired) electrons. The fraction of sp³-hybridized carbons (Fsp3) is 0.533. The zero-order valence-corrected chi connectivity index (χ0v) is 13.9. The molecule has 1 fully saturated rings. The number of carbonyl (C=O) groups excluding carboxylic acids is 2. The summed E-state index contributed by atoms with van der Waals surface area (Å²) < 4.78 is 0.646. The molecule has 2 rings (SSSR count). The van der Waals surface area contributed by atoms with Crippen molar-refractivity contribution in [2.24, 2.45) is 5.92 Å². The summed E-state index contributed by atoms with van der Waals surface area (Å²) in [5.74, 6) is 0.0559. The normalized spacial score (nSPS) is 16.1. The molecule has 0 aromatic carbocycles. The molecule has 0 saturated carbocycles. The highest BCUT2D eigenvalue weighted by atomic mass is 79.9. The third-order valence-corrected chi connectivity index (χ3v) is 4.03. The van der Waals surface area contributed by atoms with Crippen LogP contribution in [-0.2, 0) is 4.79 Å². The molecule has 6 heteroatoms. The standard InChI is InChI=1S/C15H20BrN3O2/c1-10(2)15(21)19-8-6-11(7-9-19)17-14(20)12-4-3-5-13(16)18-12/h3-5,10-11H,6-9H2,1-2H3,(H,17,20). The van der Waals surface area contributed by atoms with Gasteiger partial charge in [-0.15, -0.1) is 0 Å². The number of hydrogen-bond donors (Lipinski definition) is 1. The van der Waals surface area contributed by atoms with Gasteiger partial charge in [0, 0.05) is 25.0 Å². The third-order valence-electron chi connectivity index (χ3n) is 3.58. The summed E-state index contributed by atoms with van der Waals surface area (Å²) in [5, 5.41) is 2.99. The molecular formula is C15H20BrN3O2. The van der Waals surface area contributed by atoms with Gasteiger partial charge in [0.15, 0.2) is 0 Å². The Balaban J connectivity index is 1.86. The number of amides is 2. The summed E-state index contributed by atoms with van der Waals surface area (Å²) >= 11 is 3.26. The van der Waals surface area contributed by atoms with Crippen molar-refractivity contribution < 1.29 is 9.59 Å². The van der Waals surface area contributed by atoms with Crippen LogP contribution in [0.1, 0.15) is 37.2 Å². The predicted octanol–water partition coefficient (Wildman–Crippen LogP) is 2.22. The van der Waals surface area contributed by atoms with Gasteiger partial charge in [0.2, 0.25) is 5.91 Å².